The average molecular weight is 257 g/mol. The van der Waals surface area contributed by atoms with Crippen LogP contribution in [0.4, 0.5) is 4.39 Å². The van der Waals surface area contributed by atoms with Crippen molar-refractivity contribution in [2.75, 3.05) is 19.6 Å². The van der Waals surface area contributed by atoms with E-state index in [-0.39, 0.29) is 16.8 Å². The Kier molecular flexibility index (Phi) is 3.97. The van der Waals surface area contributed by atoms with Crippen LogP contribution >= 0.6 is 11.6 Å². The first-order chi connectivity index (χ1) is 8.16. The Bertz CT molecular complexity index is 421. The number of halogens is 2. The molecule has 1 aromatic carbocycles. The van der Waals surface area contributed by atoms with E-state index in [0.717, 1.165) is 18.7 Å². The Balaban J connectivity index is 1.77. The quantitative estimate of drug-likeness (QED) is 0.854. The minimum absolute atomic E-state index is 0.0805. The summed E-state index contributed by atoms with van der Waals surface area (Å²) in [6.07, 6.45) is 0.659. The van der Waals surface area contributed by atoms with Crippen LogP contribution in [0, 0.1) is 11.7 Å². The fourth-order valence-corrected chi connectivity index (χ4v) is 1.85. The highest BCUT2D eigenvalue weighted by molar-refractivity contribution is 6.30. The molecule has 17 heavy (non-hydrogen) atoms. The molecular weight excluding hydrogens is 243 g/mol. The van der Waals surface area contributed by atoms with Gasteiger partial charge in [0.25, 0.3) is 0 Å². The highest BCUT2D eigenvalue weighted by Crippen LogP contribution is 2.16. The van der Waals surface area contributed by atoms with E-state index in [1.165, 1.54) is 6.07 Å². The molecule has 1 fully saturated rings. The van der Waals surface area contributed by atoms with Crippen molar-refractivity contribution >= 4 is 17.5 Å². The number of hydrogen-bond donors (Lipinski definition) is 2. The Hall–Kier alpha value is -1.13. The molecule has 92 valence electrons. The topological polar surface area (TPSA) is 41.1 Å². The molecule has 1 aliphatic heterocycles. The molecule has 0 saturated carbocycles. The van der Waals surface area contributed by atoms with E-state index < -0.39 is 5.82 Å². The predicted molar refractivity (Wildman–Crippen MR) is 64.5 cm³/mol. The lowest BCUT2D eigenvalue weighted by atomic mass is 10.0. The number of rotatable bonds is 4. The molecule has 2 N–H and O–H groups in total. The number of amides is 1. The van der Waals surface area contributed by atoms with Gasteiger partial charge in [0.05, 0.1) is 10.9 Å². The summed E-state index contributed by atoms with van der Waals surface area (Å²) in [6, 6.07) is 4.61. The monoisotopic (exact) mass is 256 g/mol. The third-order valence-electron chi connectivity index (χ3n) is 2.85. The van der Waals surface area contributed by atoms with Gasteiger partial charge in [-0.2, -0.15) is 0 Å². The van der Waals surface area contributed by atoms with Crippen molar-refractivity contribution in [1.82, 2.24) is 10.6 Å². The first-order valence-electron chi connectivity index (χ1n) is 5.59. The van der Waals surface area contributed by atoms with E-state index in [1.54, 1.807) is 12.1 Å². The SMILES string of the molecule is O=C(NCCc1ccc(F)c(Cl)c1)C1CNC1. The molecular formula is C12H14ClFN2O. The van der Waals surface area contributed by atoms with Crippen LogP contribution in [0.15, 0.2) is 18.2 Å². The zero-order valence-electron chi connectivity index (χ0n) is 9.30. The van der Waals surface area contributed by atoms with Crippen LogP contribution in [0.1, 0.15) is 5.56 Å². The molecule has 2 rings (SSSR count). The molecule has 1 amide bonds. The summed E-state index contributed by atoms with van der Waals surface area (Å²) in [5.41, 5.74) is 0.920. The van der Waals surface area contributed by atoms with Gasteiger partial charge in [0.1, 0.15) is 5.82 Å². The smallest absolute Gasteiger partial charge is 0.225 e. The van der Waals surface area contributed by atoms with Crippen molar-refractivity contribution in [2.45, 2.75) is 6.42 Å². The maximum Gasteiger partial charge on any atom is 0.225 e. The van der Waals surface area contributed by atoms with Crippen molar-refractivity contribution in [2.24, 2.45) is 5.92 Å². The zero-order chi connectivity index (χ0) is 12.3. The van der Waals surface area contributed by atoms with Crippen molar-refractivity contribution in [3.05, 3.63) is 34.6 Å². The summed E-state index contributed by atoms with van der Waals surface area (Å²) in [5.74, 6) is -0.233. The van der Waals surface area contributed by atoms with Gasteiger partial charge in [0, 0.05) is 19.6 Å². The summed E-state index contributed by atoms with van der Waals surface area (Å²) in [6.45, 7) is 2.07. The number of benzene rings is 1. The number of carbonyl (C=O) groups excluding carboxylic acids is 1. The Morgan fingerprint density at radius 2 is 2.29 bits per heavy atom. The molecule has 0 unspecified atom stereocenters. The molecule has 1 heterocycles. The molecule has 5 heteroatoms. The van der Waals surface area contributed by atoms with E-state index in [0.29, 0.717) is 13.0 Å². The molecule has 1 aliphatic rings. The lowest BCUT2D eigenvalue weighted by molar-refractivity contribution is -0.126. The number of carbonyl (C=O) groups is 1. The van der Waals surface area contributed by atoms with Crippen LogP contribution in [0.3, 0.4) is 0 Å². The van der Waals surface area contributed by atoms with E-state index in [2.05, 4.69) is 10.6 Å². The maximum absolute atomic E-state index is 12.9. The van der Waals surface area contributed by atoms with Gasteiger partial charge in [-0.05, 0) is 24.1 Å². The number of hydrogen-bond acceptors (Lipinski definition) is 2. The van der Waals surface area contributed by atoms with Gasteiger partial charge < -0.3 is 10.6 Å². The predicted octanol–water partition coefficient (Wildman–Crippen LogP) is 1.36. The van der Waals surface area contributed by atoms with Gasteiger partial charge in [0.2, 0.25) is 5.91 Å². The van der Waals surface area contributed by atoms with Crippen molar-refractivity contribution in [1.29, 1.82) is 0 Å². The molecule has 0 bridgehead atoms. The largest absolute Gasteiger partial charge is 0.355 e. The highest BCUT2D eigenvalue weighted by atomic mass is 35.5. The third-order valence-corrected chi connectivity index (χ3v) is 3.14. The van der Waals surface area contributed by atoms with Crippen LogP contribution < -0.4 is 10.6 Å². The third kappa shape index (κ3) is 3.17. The lowest BCUT2D eigenvalue weighted by Gasteiger charge is -2.25. The van der Waals surface area contributed by atoms with Crippen LogP contribution in [-0.4, -0.2) is 25.5 Å². The average Bonchev–Trinajstić information content (AvgIpc) is 2.21. The van der Waals surface area contributed by atoms with Gasteiger partial charge in [-0.25, -0.2) is 4.39 Å². The fourth-order valence-electron chi connectivity index (χ4n) is 1.64. The van der Waals surface area contributed by atoms with Gasteiger partial charge in [-0.1, -0.05) is 17.7 Å². The summed E-state index contributed by atoms with van der Waals surface area (Å²) in [7, 11) is 0. The molecule has 0 radical (unpaired) electrons. The van der Waals surface area contributed by atoms with E-state index in [9.17, 15) is 9.18 Å². The van der Waals surface area contributed by atoms with Crippen LogP contribution in [-0.2, 0) is 11.2 Å². The standard InChI is InChI=1S/C12H14ClFN2O/c13-10-5-8(1-2-11(10)14)3-4-16-12(17)9-6-15-7-9/h1-2,5,9,15H,3-4,6-7H2,(H,16,17). The minimum atomic E-state index is -0.417. The minimum Gasteiger partial charge on any atom is -0.355 e. The molecule has 0 aliphatic carbocycles. The van der Waals surface area contributed by atoms with Crippen molar-refractivity contribution in [3.63, 3.8) is 0 Å². The van der Waals surface area contributed by atoms with E-state index in [4.69, 9.17) is 11.6 Å². The second-order valence-electron chi connectivity index (χ2n) is 4.14. The highest BCUT2D eigenvalue weighted by Gasteiger charge is 2.23. The van der Waals surface area contributed by atoms with Gasteiger partial charge in [-0.15, -0.1) is 0 Å². The molecule has 0 atom stereocenters. The van der Waals surface area contributed by atoms with Gasteiger partial charge >= 0.3 is 0 Å². The van der Waals surface area contributed by atoms with Gasteiger partial charge in [-0.3, -0.25) is 4.79 Å². The summed E-state index contributed by atoms with van der Waals surface area (Å²) >= 11 is 5.67. The molecule has 0 aromatic heterocycles. The second-order valence-corrected chi connectivity index (χ2v) is 4.55. The van der Waals surface area contributed by atoms with Crippen LogP contribution in [0.2, 0.25) is 5.02 Å². The molecule has 1 saturated heterocycles. The van der Waals surface area contributed by atoms with Crippen LogP contribution in [0.25, 0.3) is 0 Å². The molecule has 3 nitrogen and oxygen atoms in total. The Morgan fingerprint density at radius 1 is 1.53 bits per heavy atom. The summed E-state index contributed by atoms with van der Waals surface area (Å²) in [4.78, 5) is 11.5. The lowest BCUT2D eigenvalue weighted by Crippen LogP contribution is -2.51. The maximum atomic E-state index is 12.9. The first kappa shape index (κ1) is 12.3. The van der Waals surface area contributed by atoms with Crippen molar-refractivity contribution in [3.8, 4) is 0 Å². The Labute approximate surface area is 104 Å². The molecule has 0 spiro atoms. The second kappa shape index (κ2) is 5.47. The number of nitrogens with one attached hydrogen (secondary N) is 2. The molecule has 1 aromatic rings. The van der Waals surface area contributed by atoms with Crippen molar-refractivity contribution < 1.29 is 9.18 Å². The Morgan fingerprint density at radius 3 is 2.88 bits per heavy atom. The normalized spacial score (nSPS) is 15.4. The fraction of sp³-hybridized carbons (Fsp3) is 0.417. The van der Waals surface area contributed by atoms with E-state index >= 15 is 0 Å². The van der Waals surface area contributed by atoms with Gasteiger partial charge in [0.15, 0.2) is 0 Å². The summed E-state index contributed by atoms with van der Waals surface area (Å²) < 4.78 is 12.9. The van der Waals surface area contributed by atoms with E-state index in [1.807, 2.05) is 0 Å². The zero-order valence-corrected chi connectivity index (χ0v) is 10.1. The summed E-state index contributed by atoms with van der Waals surface area (Å²) in [5, 5.41) is 6.02. The van der Waals surface area contributed by atoms with Crippen LogP contribution in [0.5, 0.6) is 0 Å². The first-order valence-corrected chi connectivity index (χ1v) is 5.97.